The number of unbranched alkanes of at least 4 members (excludes halogenated alkanes) is 21. The first-order valence-corrected chi connectivity index (χ1v) is 20.7. The van der Waals surface area contributed by atoms with E-state index in [0.29, 0.717) is 17.4 Å². The van der Waals surface area contributed by atoms with Crippen LogP contribution in [0.2, 0.25) is 0 Å². The average Bonchev–Trinajstić information content (AvgIpc) is 3.01. The summed E-state index contributed by atoms with van der Waals surface area (Å²) >= 11 is 0. The van der Waals surface area contributed by atoms with Crippen LogP contribution < -0.4 is 4.89 Å². The third-order valence-electron chi connectivity index (χ3n) is 8.38. The second-order valence-corrected chi connectivity index (χ2v) is 15.7. The highest BCUT2D eigenvalue weighted by molar-refractivity contribution is 7.45. The molecule has 0 saturated carbocycles. The third-order valence-corrected chi connectivity index (χ3v) is 9.34. The monoisotopic (exact) mass is 692 g/mol. The zero-order valence-electron chi connectivity index (χ0n) is 31.2. The first-order chi connectivity index (χ1) is 22.5. The van der Waals surface area contributed by atoms with Crippen molar-refractivity contribution in [3.05, 3.63) is 0 Å². The number of carbonyl (C=O) groups is 2. The molecule has 0 heterocycles. The molecule has 0 aliphatic carbocycles. The molecule has 1 unspecified atom stereocenters. The molecule has 2 atom stereocenters. The molecule has 10 heteroatoms. The van der Waals surface area contributed by atoms with Crippen LogP contribution in [-0.2, 0) is 32.7 Å². The molecule has 0 aliphatic rings. The smallest absolute Gasteiger partial charge is 0.306 e. The Kier molecular flexibility index (Phi) is 30.4. The van der Waals surface area contributed by atoms with Gasteiger partial charge >= 0.3 is 11.9 Å². The normalized spacial score (nSPS) is 13.7. The van der Waals surface area contributed by atoms with Crippen LogP contribution in [0, 0.1) is 0 Å². The molecule has 0 N–H and O–H groups in total. The van der Waals surface area contributed by atoms with Crippen molar-refractivity contribution < 1.29 is 42.1 Å². The summed E-state index contributed by atoms with van der Waals surface area (Å²) in [7, 11) is 1.17. The van der Waals surface area contributed by atoms with Crippen molar-refractivity contribution in [3.8, 4) is 0 Å². The minimum absolute atomic E-state index is 0.0265. The van der Waals surface area contributed by atoms with E-state index in [2.05, 4.69) is 13.8 Å². The minimum Gasteiger partial charge on any atom is -0.756 e. The minimum atomic E-state index is -4.60. The van der Waals surface area contributed by atoms with E-state index >= 15 is 0 Å². The maximum Gasteiger partial charge on any atom is 0.306 e. The number of carbonyl (C=O) groups excluding carboxylic acids is 2. The molecule has 0 rings (SSSR count). The predicted octanol–water partition coefficient (Wildman–Crippen LogP) is 9.44. The maximum absolute atomic E-state index is 12.6. The van der Waals surface area contributed by atoms with Gasteiger partial charge in [0.2, 0.25) is 0 Å². The van der Waals surface area contributed by atoms with E-state index in [-0.39, 0.29) is 32.0 Å². The number of hydrogen-bond acceptors (Lipinski definition) is 8. The molecular formula is C37H74NO8P. The van der Waals surface area contributed by atoms with E-state index in [1.165, 1.54) is 103 Å². The Morgan fingerprint density at radius 2 is 0.957 bits per heavy atom. The van der Waals surface area contributed by atoms with E-state index in [1.54, 1.807) is 0 Å². The largest absolute Gasteiger partial charge is 0.756 e. The third kappa shape index (κ3) is 34.7. The number of rotatable bonds is 35. The Bertz CT molecular complexity index is 789. The molecule has 0 radical (unpaired) electrons. The summed E-state index contributed by atoms with van der Waals surface area (Å²) in [5.74, 6) is -0.836. The van der Waals surface area contributed by atoms with Gasteiger partial charge in [0.05, 0.1) is 27.7 Å². The van der Waals surface area contributed by atoms with Crippen LogP contribution in [0.4, 0.5) is 0 Å². The van der Waals surface area contributed by atoms with Crippen molar-refractivity contribution in [1.29, 1.82) is 0 Å². The van der Waals surface area contributed by atoms with Crippen LogP contribution in [0.1, 0.15) is 174 Å². The Hall–Kier alpha value is -0.990. The Morgan fingerprint density at radius 3 is 1.36 bits per heavy atom. The van der Waals surface area contributed by atoms with Crippen molar-refractivity contribution in [1.82, 2.24) is 0 Å². The quantitative estimate of drug-likeness (QED) is 0.0280. The SMILES string of the molecule is CCCCCCCCCCCCCCCCCCCC(=O)O[C@H](COC(=O)CCCCCCCC)COP(=O)([O-])OCC[N+](C)(C)C. The van der Waals surface area contributed by atoms with E-state index in [0.717, 1.165) is 38.5 Å². The number of nitrogens with zero attached hydrogens (tertiary/aromatic N) is 1. The van der Waals surface area contributed by atoms with Crippen LogP contribution in [0.25, 0.3) is 0 Å². The van der Waals surface area contributed by atoms with Crippen LogP contribution in [0.3, 0.4) is 0 Å². The van der Waals surface area contributed by atoms with Gasteiger partial charge in [-0.25, -0.2) is 0 Å². The molecule has 0 aromatic carbocycles. The predicted molar refractivity (Wildman–Crippen MR) is 190 cm³/mol. The van der Waals surface area contributed by atoms with Crippen molar-refractivity contribution in [3.63, 3.8) is 0 Å². The fourth-order valence-corrected chi connectivity index (χ4v) is 6.03. The molecule has 9 nitrogen and oxygen atoms in total. The van der Waals surface area contributed by atoms with E-state index < -0.39 is 26.5 Å². The molecule has 0 amide bonds. The average molecular weight is 692 g/mol. The lowest BCUT2D eigenvalue weighted by Crippen LogP contribution is -2.37. The van der Waals surface area contributed by atoms with Gasteiger partial charge < -0.3 is 27.9 Å². The molecule has 0 bridgehead atoms. The summed E-state index contributed by atoms with van der Waals surface area (Å²) in [6.45, 7) is 4.17. The number of esters is 2. The molecule has 0 fully saturated rings. The molecular weight excluding hydrogens is 617 g/mol. The van der Waals surface area contributed by atoms with E-state index in [1.807, 2.05) is 21.1 Å². The molecule has 0 aromatic rings. The second kappa shape index (κ2) is 31.0. The van der Waals surface area contributed by atoms with Gasteiger partial charge in [-0.15, -0.1) is 0 Å². The summed E-state index contributed by atoms with van der Waals surface area (Å²) in [6, 6.07) is 0. The number of quaternary nitrogens is 1. The summed E-state index contributed by atoms with van der Waals surface area (Å²) < 4.78 is 33.6. The number of likely N-dealkylation sites (N-methyl/N-ethyl adjacent to an activating group) is 1. The van der Waals surface area contributed by atoms with Crippen molar-refractivity contribution in [2.45, 2.75) is 180 Å². The van der Waals surface area contributed by atoms with Gasteiger partial charge in [0.15, 0.2) is 6.10 Å². The number of hydrogen-bond donors (Lipinski definition) is 0. The molecule has 0 aliphatic heterocycles. The van der Waals surface area contributed by atoms with Gasteiger partial charge in [0.1, 0.15) is 19.8 Å². The number of ether oxygens (including phenoxy) is 2. The van der Waals surface area contributed by atoms with Crippen LogP contribution in [0.5, 0.6) is 0 Å². The summed E-state index contributed by atoms with van der Waals surface area (Å²) in [5.41, 5.74) is 0. The zero-order valence-corrected chi connectivity index (χ0v) is 32.1. The Balaban J connectivity index is 4.27. The van der Waals surface area contributed by atoms with Crippen LogP contribution in [-0.4, -0.2) is 70.0 Å². The summed E-state index contributed by atoms with van der Waals surface area (Å²) in [6.07, 6.45) is 27.3. The Labute approximate surface area is 289 Å². The fraction of sp³-hybridized carbons (Fsp3) is 0.946. The maximum atomic E-state index is 12.6. The van der Waals surface area contributed by atoms with Crippen LogP contribution in [0.15, 0.2) is 0 Å². The van der Waals surface area contributed by atoms with E-state index in [9.17, 15) is 19.0 Å². The Morgan fingerprint density at radius 1 is 0.574 bits per heavy atom. The zero-order chi connectivity index (χ0) is 35.1. The van der Waals surface area contributed by atoms with Gasteiger partial charge in [0, 0.05) is 12.8 Å². The first kappa shape index (κ1) is 46.0. The highest BCUT2D eigenvalue weighted by atomic mass is 31.2. The highest BCUT2D eigenvalue weighted by Crippen LogP contribution is 2.38. The second-order valence-electron chi connectivity index (χ2n) is 14.3. The van der Waals surface area contributed by atoms with Crippen molar-refractivity contribution >= 4 is 19.8 Å². The lowest BCUT2D eigenvalue weighted by molar-refractivity contribution is -0.870. The van der Waals surface area contributed by atoms with Crippen molar-refractivity contribution in [2.75, 3.05) is 47.5 Å². The van der Waals surface area contributed by atoms with Gasteiger partial charge in [0.25, 0.3) is 7.82 Å². The molecule has 280 valence electrons. The molecule has 0 saturated heterocycles. The highest BCUT2D eigenvalue weighted by Gasteiger charge is 2.21. The van der Waals surface area contributed by atoms with Crippen LogP contribution >= 0.6 is 7.82 Å². The lowest BCUT2D eigenvalue weighted by Gasteiger charge is -2.28. The van der Waals surface area contributed by atoms with Gasteiger partial charge in [-0.2, -0.15) is 0 Å². The van der Waals surface area contributed by atoms with Gasteiger partial charge in [-0.1, -0.05) is 149 Å². The molecule has 0 aromatic heterocycles. The number of phosphoric ester groups is 1. The summed E-state index contributed by atoms with van der Waals surface area (Å²) in [5, 5.41) is 0. The first-order valence-electron chi connectivity index (χ1n) is 19.2. The lowest BCUT2D eigenvalue weighted by atomic mass is 10.0. The van der Waals surface area contributed by atoms with Crippen molar-refractivity contribution in [2.24, 2.45) is 0 Å². The van der Waals surface area contributed by atoms with Gasteiger partial charge in [-0.05, 0) is 12.8 Å². The van der Waals surface area contributed by atoms with E-state index in [4.69, 9.17) is 18.5 Å². The fourth-order valence-electron chi connectivity index (χ4n) is 5.30. The summed E-state index contributed by atoms with van der Waals surface area (Å²) in [4.78, 5) is 37.1. The molecule has 0 spiro atoms. The standard InChI is InChI=1S/C37H74NO8P/c1-6-8-10-12-14-15-16-17-18-19-20-21-22-23-24-26-28-30-37(40)46-35(33-43-36(39)29-27-25-13-11-9-7-2)34-45-47(41,42)44-32-31-38(3,4)5/h35H,6-34H2,1-5H3/t35-/m1/s1. The number of phosphoric acid groups is 1. The van der Waals surface area contributed by atoms with Gasteiger partial charge in [-0.3, -0.25) is 14.2 Å². The topological polar surface area (TPSA) is 111 Å². The molecule has 47 heavy (non-hydrogen) atoms.